The lowest BCUT2D eigenvalue weighted by Crippen LogP contribution is -2.22. The summed E-state index contributed by atoms with van der Waals surface area (Å²) in [5.41, 5.74) is 6.96. The van der Waals surface area contributed by atoms with Crippen molar-refractivity contribution in [3.63, 3.8) is 0 Å². The van der Waals surface area contributed by atoms with Gasteiger partial charge < -0.3 is 25.1 Å². The van der Waals surface area contributed by atoms with Gasteiger partial charge in [-0.3, -0.25) is 4.79 Å². The fourth-order valence-electron chi connectivity index (χ4n) is 3.09. The second kappa shape index (κ2) is 8.87. The van der Waals surface area contributed by atoms with Crippen molar-refractivity contribution in [2.45, 2.75) is 12.8 Å². The number of carbonyl (C=O) groups is 1. The van der Waals surface area contributed by atoms with E-state index in [1.807, 2.05) is 7.05 Å². The summed E-state index contributed by atoms with van der Waals surface area (Å²) in [6.07, 6.45) is 6.66. The predicted octanol–water partition coefficient (Wildman–Crippen LogP) is 1.91. The molecule has 1 aliphatic heterocycles. The van der Waals surface area contributed by atoms with Crippen molar-refractivity contribution in [3.8, 4) is 17.4 Å². The molecule has 0 atom stereocenters. The van der Waals surface area contributed by atoms with E-state index in [4.69, 9.17) is 15.2 Å². The molecule has 1 amide bonds. The first kappa shape index (κ1) is 19.8. The van der Waals surface area contributed by atoms with Gasteiger partial charge in [-0.05, 0) is 30.9 Å². The maximum atomic E-state index is 12.8. The number of ether oxygens (including phenoxy) is 2. The lowest BCUT2D eigenvalue weighted by Gasteiger charge is -2.22. The molecule has 0 spiro atoms. The quantitative estimate of drug-likeness (QED) is 0.631. The topological polar surface area (TPSA) is 130 Å². The first-order valence-corrected chi connectivity index (χ1v) is 9.67. The molecule has 30 heavy (non-hydrogen) atoms. The van der Waals surface area contributed by atoms with Crippen LogP contribution in [-0.2, 0) is 11.8 Å². The molecule has 0 aliphatic carbocycles. The van der Waals surface area contributed by atoms with Crippen LogP contribution in [0.4, 0.5) is 11.5 Å². The molecular weight excluding hydrogens is 386 g/mol. The summed E-state index contributed by atoms with van der Waals surface area (Å²) in [6.45, 7) is 1.98. The van der Waals surface area contributed by atoms with Gasteiger partial charge in [0.2, 0.25) is 5.88 Å². The van der Waals surface area contributed by atoms with Crippen molar-refractivity contribution < 1.29 is 14.3 Å². The summed E-state index contributed by atoms with van der Waals surface area (Å²) in [4.78, 5) is 29.8. The molecule has 3 aromatic heterocycles. The van der Waals surface area contributed by atoms with Crippen molar-refractivity contribution in [2.24, 2.45) is 13.0 Å². The van der Waals surface area contributed by atoms with E-state index in [1.165, 1.54) is 6.20 Å². The molecule has 4 heterocycles. The van der Waals surface area contributed by atoms with Gasteiger partial charge in [0, 0.05) is 26.3 Å². The van der Waals surface area contributed by atoms with Crippen molar-refractivity contribution >= 4 is 17.4 Å². The zero-order valence-corrected chi connectivity index (χ0v) is 16.6. The smallest absolute Gasteiger partial charge is 0.274 e. The Hall–Kier alpha value is -3.53. The second-order valence-electron chi connectivity index (χ2n) is 7.10. The number of nitrogen functional groups attached to an aromatic ring is 1. The Morgan fingerprint density at radius 1 is 1.30 bits per heavy atom. The Morgan fingerprint density at radius 2 is 2.13 bits per heavy atom. The molecule has 0 saturated carbocycles. The molecule has 0 radical (unpaired) electrons. The minimum absolute atomic E-state index is 0.181. The molecule has 0 aromatic carbocycles. The van der Waals surface area contributed by atoms with Gasteiger partial charge in [0.05, 0.1) is 31.0 Å². The monoisotopic (exact) mass is 409 g/mol. The largest absolute Gasteiger partial charge is 0.477 e. The van der Waals surface area contributed by atoms with E-state index < -0.39 is 5.91 Å². The molecule has 156 valence electrons. The third kappa shape index (κ3) is 4.71. The maximum Gasteiger partial charge on any atom is 0.274 e. The fraction of sp³-hybridized carbons (Fsp3) is 0.350. The van der Waals surface area contributed by atoms with Gasteiger partial charge >= 0.3 is 0 Å². The number of carbonyl (C=O) groups excluding carboxylic acids is 1. The van der Waals surface area contributed by atoms with Crippen molar-refractivity contribution in [2.75, 3.05) is 30.9 Å². The number of amides is 1. The number of pyridine rings is 1. The number of nitrogens with zero attached hydrogens (tertiary/aromatic N) is 5. The van der Waals surface area contributed by atoms with Gasteiger partial charge in [0.15, 0.2) is 5.82 Å². The molecule has 1 fully saturated rings. The highest BCUT2D eigenvalue weighted by Gasteiger charge is 2.18. The number of imidazole rings is 1. The minimum Gasteiger partial charge on any atom is -0.477 e. The maximum absolute atomic E-state index is 12.8. The number of aryl methyl sites for hydroxylation is 1. The Labute approximate surface area is 173 Å². The van der Waals surface area contributed by atoms with Crippen molar-refractivity contribution in [1.29, 1.82) is 0 Å². The summed E-state index contributed by atoms with van der Waals surface area (Å²) in [7, 11) is 1.83. The van der Waals surface area contributed by atoms with Crippen LogP contribution in [0.2, 0.25) is 0 Å². The highest BCUT2D eigenvalue weighted by atomic mass is 16.5. The molecule has 3 N–H and O–H groups in total. The number of nitrogens with two attached hydrogens (primary N) is 1. The summed E-state index contributed by atoms with van der Waals surface area (Å²) in [5, 5.41) is 2.76. The normalized spacial score (nSPS) is 14.4. The molecule has 1 saturated heterocycles. The Bertz CT molecular complexity index is 1010. The van der Waals surface area contributed by atoms with Gasteiger partial charge in [0.25, 0.3) is 5.91 Å². The average Bonchev–Trinajstić information content (AvgIpc) is 3.20. The zero-order chi connectivity index (χ0) is 20.9. The molecule has 10 heteroatoms. The van der Waals surface area contributed by atoms with Crippen molar-refractivity contribution in [1.82, 2.24) is 24.5 Å². The average molecular weight is 409 g/mol. The molecule has 10 nitrogen and oxygen atoms in total. The van der Waals surface area contributed by atoms with Crippen LogP contribution in [-0.4, -0.2) is 50.2 Å². The predicted molar refractivity (Wildman–Crippen MR) is 110 cm³/mol. The number of hydrogen-bond donors (Lipinski definition) is 2. The van der Waals surface area contributed by atoms with E-state index in [9.17, 15) is 4.79 Å². The van der Waals surface area contributed by atoms with E-state index in [0.717, 1.165) is 26.1 Å². The van der Waals surface area contributed by atoms with E-state index >= 15 is 0 Å². The van der Waals surface area contributed by atoms with E-state index in [0.29, 0.717) is 41.4 Å². The van der Waals surface area contributed by atoms with Crippen LogP contribution in [0.15, 0.2) is 36.9 Å². The van der Waals surface area contributed by atoms with Crippen LogP contribution >= 0.6 is 0 Å². The minimum atomic E-state index is -0.400. The van der Waals surface area contributed by atoms with Crippen LogP contribution in [0, 0.1) is 5.92 Å². The van der Waals surface area contributed by atoms with Gasteiger partial charge in [-0.25, -0.2) is 15.0 Å². The molecular formula is C20H23N7O3. The highest BCUT2D eigenvalue weighted by molar-refractivity contribution is 6.03. The van der Waals surface area contributed by atoms with Gasteiger partial charge in [-0.15, -0.1) is 0 Å². The summed E-state index contributed by atoms with van der Waals surface area (Å²) in [5.74, 6) is 1.07. The Morgan fingerprint density at radius 3 is 2.83 bits per heavy atom. The van der Waals surface area contributed by atoms with E-state index in [1.54, 1.807) is 35.3 Å². The number of nitrogens with one attached hydrogen (secondary N) is 1. The molecule has 4 rings (SSSR count). The SMILES string of the molecule is Cn1cncc1-c1nc(OCC2CCOCC2)cc(C(=O)Nc2ccc(N)nc2)n1. The highest BCUT2D eigenvalue weighted by Crippen LogP contribution is 2.21. The lowest BCUT2D eigenvalue weighted by molar-refractivity contribution is 0.0490. The Balaban J connectivity index is 1.58. The van der Waals surface area contributed by atoms with Crippen LogP contribution in [0.5, 0.6) is 5.88 Å². The first-order chi connectivity index (χ1) is 14.6. The van der Waals surface area contributed by atoms with E-state index in [2.05, 4.69) is 25.3 Å². The van der Waals surface area contributed by atoms with Gasteiger partial charge in [-0.2, -0.15) is 4.98 Å². The van der Waals surface area contributed by atoms with Crippen LogP contribution < -0.4 is 15.8 Å². The molecule has 0 unspecified atom stereocenters. The number of anilines is 2. The molecule has 1 aliphatic rings. The number of hydrogen-bond acceptors (Lipinski definition) is 8. The third-order valence-corrected chi connectivity index (χ3v) is 4.83. The van der Waals surface area contributed by atoms with Gasteiger partial charge in [-0.1, -0.05) is 0 Å². The molecule has 0 bridgehead atoms. The standard InChI is InChI=1S/C20H23N7O3/c1-27-12-22-10-16(27)19-25-15(20(28)24-14-2-3-17(21)23-9-14)8-18(26-19)30-11-13-4-6-29-7-5-13/h2-3,8-10,12-13H,4-7,11H2,1H3,(H2,21,23)(H,24,28). The van der Waals surface area contributed by atoms with Crippen LogP contribution in [0.1, 0.15) is 23.3 Å². The summed E-state index contributed by atoms with van der Waals surface area (Å²) < 4.78 is 13.1. The first-order valence-electron chi connectivity index (χ1n) is 9.67. The van der Waals surface area contributed by atoms with Crippen LogP contribution in [0.3, 0.4) is 0 Å². The third-order valence-electron chi connectivity index (χ3n) is 4.83. The van der Waals surface area contributed by atoms with E-state index in [-0.39, 0.29) is 5.69 Å². The summed E-state index contributed by atoms with van der Waals surface area (Å²) in [6, 6.07) is 4.82. The Kier molecular flexibility index (Phi) is 5.84. The lowest BCUT2D eigenvalue weighted by atomic mass is 10.0. The van der Waals surface area contributed by atoms with Gasteiger partial charge in [0.1, 0.15) is 17.2 Å². The zero-order valence-electron chi connectivity index (χ0n) is 16.6. The second-order valence-corrected chi connectivity index (χ2v) is 7.10. The fourth-order valence-corrected chi connectivity index (χ4v) is 3.09. The van der Waals surface area contributed by atoms with Crippen LogP contribution in [0.25, 0.3) is 11.5 Å². The number of aromatic nitrogens is 5. The van der Waals surface area contributed by atoms with Crippen molar-refractivity contribution in [3.05, 3.63) is 42.6 Å². The summed E-state index contributed by atoms with van der Waals surface area (Å²) >= 11 is 0. The molecule has 3 aromatic rings. The number of rotatable bonds is 6.